The summed E-state index contributed by atoms with van der Waals surface area (Å²) < 4.78 is 5.06. The molecule has 0 bridgehead atoms. The first-order chi connectivity index (χ1) is 9.26. The van der Waals surface area contributed by atoms with Crippen LogP contribution in [0.4, 0.5) is 0 Å². The van der Waals surface area contributed by atoms with Gasteiger partial charge in [0.2, 0.25) is 0 Å². The van der Waals surface area contributed by atoms with Crippen LogP contribution in [-0.2, 0) is 11.2 Å². The number of H-pyrrole nitrogens is 1. The van der Waals surface area contributed by atoms with Gasteiger partial charge in [-0.3, -0.25) is 0 Å². The SMILES string of the molecule is CCCCc1[nH]c(-c2cccs2)nc1C(=O)OCC. The molecule has 0 aliphatic carbocycles. The van der Waals surface area contributed by atoms with Gasteiger partial charge in [-0.25, -0.2) is 9.78 Å². The zero-order valence-corrected chi connectivity index (χ0v) is 12.0. The second kappa shape index (κ2) is 6.52. The predicted octanol–water partition coefficient (Wildman–Crippen LogP) is 3.66. The van der Waals surface area contributed by atoms with Crippen molar-refractivity contribution in [2.75, 3.05) is 6.61 Å². The van der Waals surface area contributed by atoms with E-state index < -0.39 is 0 Å². The molecule has 1 N–H and O–H groups in total. The van der Waals surface area contributed by atoms with Gasteiger partial charge in [0.05, 0.1) is 11.5 Å². The van der Waals surface area contributed by atoms with Crippen LogP contribution in [0.15, 0.2) is 17.5 Å². The van der Waals surface area contributed by atoms with E-state index in [1.54, 1.807) is 18.3 Å². The van der Waals surface area contributed by atoms with Crippen molar-refractivity contribution in [1.82, 2.24) is 9.97 Å². The molecule has 0 amide bonds. The van der Waals surface area contributed by atoms with Crippen molar-refractivity contribution in [3.05, 3.63) is 28.9 Å². The topological polar surface area (TPSA) is 55.0 Å². The lowest BCUT2D eigenvalue weighted by atomic mass is 10.2. The first-order valence-electron chi connectivity index (χ1n) is 6.56. The number of unbranched alkanes of at least 4 members (excludes halogenated alkanes) is 1. The van der Waals surface area contributed by atoms with Crippen molar-refractivity contribution < 1.29 is 9.53 Å². The third-order valence-electron chi connectivity index (χ3n) is 2.78. The van der Waals surface area contributed by atoms with Crippen molar-refractivity contribution in [2.45, 2.75) is 33.1 Å². The molecule has 0 saturated heterocycles. The number of nitrogens with zero attached hydrogens (tertiary/aromatic N) is 1. The third kappa shape index (κ3) is 3.23. The van der Waals surface area contributed by atoms with E-state index in [0.29, 0.717) is 12.3 Å². The fourth-order valence-corrected chi connectivity index (χ4v) is 2.51. The second-order valence-electron chi connectivity index (χ2n) is 4.21. The highest BCUT2D eigenvalue weighted by molar-refractivity contribution is 7.13. The molecule has 2 aromatic heterocycles. The first-order valence-corrected chi connectivity index (χ1v) is 7.44. The molecule has 0 saturated carbocycles. The summed E-state index contributed by atoms with van der Waals surface area (Å²) in [6, 6.07) is 3.96. The lowest BCUT2D eigenvalue weighted by Gasteiger charge is -2.01. The summed E-state index contributed by atoms with van der Waals surface area (Å²) in [5.74, 6) is 0.414. The van der Waals surface area contributed by atoms with Gasteiger partial charge in [-0.15, -0.1) is 11.3 Å². The number of rotatable bonds is 6. The number of ether oxygens (including phenoxy) is 1. The number of thiophene rings is 1. The molecule has 2 aromatic rings. The number of carbonyl (C=O) groups excluding carboxylic acids is 1. The maximum atomic E-state index is 11.9. The van der Waals surface area contributed by atoms with Gasteiger partial charge in [-0.05, 0) is 31.2 Å². The van der Waals surface area contributed by atoms with Crippen LogP contribution in [0.3, 0.4) is 0 Å². The van der Waals surface area contributed by atoms with E-state index in [2.05, 4.69) is 16.9 Å². The summed E-state index contributed by atoms with van der Waals surface area (Å²) >= 11 is 1.60. The minimum absolute atomic E-state index is 0.340. The Morgan fingerprint density at radius 1 is 1.47 bits per heavy atom. The molecule has 19 heavy (non-hydrogen) atoms. The van der Waals surface area contributed by atoms with Crippen molar-refractivity contribution >= 4 is 17.3 Å². The molecule has 2 rings (SSSR count). The van der Waals surface area contributed by atoms with Gasteiger partial charge >= 0.3 is 5.97 Å². The average Bonchev–Trinajstić information content (AvgIpc) is 3.05. The standard InChI is InChI=1S/C14H18N2O2S/c1-3-5-7-10-12(14(17)18-4-2)16-13(15-10)11-8-6-9-19-11/h6,8-9H,3-5,7H2,1-2H3,(H,15,16). The zero-order valence-electron chi connectivity index (χ0n) is 11.2. The molecular weight excluding hydrogens is 260 g/mol. The van der Waals surface area contributed by atoms with Gasteiger partial charge in [0.15, 0.2) is 5.69 Å². The van der Waals surface area contributed by atoms with Gasteiger partial charge in [-0.1, -0.05) is 19.4 Å². The molecule has 0 spiro atoms. The first kappa shape index (κ1) is 13.8. The number of aromatic amines is 1. The van der Waals surface area contributed by atoms with E-state index in [1.807, 2.05) is 17.5 Å². The van der Waals surface area contributed by atoms with Crippen LogP contribution >= 0.6 is 11.3 Å². The summed E-state index contributed by atoms with van der Waals surface area (Å²) in [6.45, 7) is 4.30. The Morgan fingerprint density at radius 2 is 2.32 bits per heavy atom. The van der Waals surface area contributed by atoms with Gasteiger partial charge in [0, 0.05) is 5.69 Å². The molecule has 102 valence electrons. The third-order valence-corrected chi connectivity index (χ3v) is 3.66. The maximum absolute atomic E-state index is 11.9. The summed E-state index contributed by atoms with van der Waals surface area (Å²) in [4.78, 5) is 20.6. The normalized spacial score (nSPS) is 10.6. The van der Waals surface area contributed by atoms with Crippen molar-refractivity contribution in [3.63, 3.8) is 0 Å². The molecule has 0 aliphatic heterocycles. The molecule has 4 nitrogen and oxygen atoms in total. The van der Waals surface area contributed by atoms with Gasteiger partial charge < -0.3 is 9.72 Å². The van der Waals surface area contributed by atoms with E-state index in [-0.39, 0.29) is 5.97 Å². The highest BCUT2D eigenvalue weighted by atomic mass is 32.1. The molecular formula is C14H18N2O2S. The number of carbonyl (C=O) groups is 1. The van der Waals surface area contributed by atoms with Crippen LogP contribution in [0.1, 0.15) is 42.9 Å². The fraction of sp³-hybridized carbons (Fsp3) is 0.429. The summed E-state index contributed by atoms with van der Waals surface area (Å²) in [5.41, 5.74) is 1.31. The Morgan fingerprint density at radius 3 is 2.95 bits per heavy atom. The summed E-state index contributed by atoms with van der Waals surface area (Å²) in [7, 11) is 0. The van der Waals surface area contributed by atoms with E-state index in [0.717, 1.165) is 35.7 Å². The van der Waals surface area contributed by atoms with Crippen LogP contribution in [0, 0.1) is 0 Å². The van der Waals surface area contributed by atoms with Crippen molar-refractivity contribution in [1.29, 1.82) is 0 Å². The lowest BCUT2D eigenvalue weighted by Crippen LogP contribution is -2.08. The monoisotopic (exact) mass is 278 g/mol. The Labute approximate surface area is 116 Å². The number of imidazole rings is 1. The van der Waals surface area contributed by atoms with Gasteiger partial charge in [0.1, 0.15) is 5.82 Å². The average molecular weight is 278 g/mol. The Kier molecular flexibility index (Phi) is 4.74. The van der Waals surface area contributed by atoms with E-state index in [1.165, 1.54) is 0 Å². The number of esters is 1. The Balaban J connectivity index is 2.30. The minimum atomic E-state index is -0.340. The smallest absolute Gasteiger partial charge is 0.358 e. The highest BCUT2D eigenvalue weighted by Gasteiger charge is 2.19. The Bertz CT molecular complexity index is 532. The number of hydrogen-bond acceptors (Lipinski definition) is 4. The molecule has 0 aliphatic rings. The molecule has 0 radical (unpaired) electrons. The number of aryl methyl sites for hydroxylation is 1. The molecule has 0 aromatic carbocycles. The number of nitrogens with one attached hydrogen (secondary N) is 1. The molecule has 0 atom stereocenters. The summed E-state index contributed by atoms with van der Waals surface area (Å²) in [5, 5.41) is 1.99. The van der Waals surface area contributed by atoms with Gasteiger partial charge in [-0.2, -0.15) is 0 Å². The van der Waals surface area contributed by atoms with E-state index >= 15 is 0 Å². The Hall–Kier alpha value is -1.62. The molecule has 2 heterocycles. The van der Waals surface area contributed by atoms with Crippen LogP contribution in [0.25, 0.3) is 10.7 Å². The highest BCUT2D eigenvalue weighted by Crippen LogP contribution is 2.24. The van der Waals surface area contributed by atoms with E-state index in [9.17, 15) is 4.79 Å². The molecule has 0 unspecified atom stereocenters. The van der Waals surface area contributed by atoms with Crippen molar-refractivity contribution in [3.8, 4) is 10.7 Å². The molecule has 0 fully saturated rings. The molecule has 5 heteroatoms. The van der Waals surface area contributed by atoms with Crippen LogP contribution in [0.5, 0.6) is 0 Å². The van der Waals surface area contributed by atoms with E-state index in [4.69, 9.17) is 4.74 Å². The number of hydrogen-bond donors (Lipinski definition) is 1. The second-order valence-corrected chi connectivity index (χ2v) is 5.16. The quantitative estimate of drug-likeness (QED) is 0.820. The maximum Gasteiger partial charge on any atom is 0.358 e. The largest absolute Gasteiger partial charge is 0.461 e. The lowest BCUT2D eigenvalue weighted by molar-refractivity contribution is 0.0519. The summed E-state index contributed by atoms with van der Waals surface area (Å²) in [6.07, 6.45) is 2.93. The van der Waals surface area contributed by atoms with Crippen molar-refractivity contribution in [2.24, 2.45) is 0 Å². The fourth-order valence-electron chi connectivity index (χ4n) is 1.84. The number of aromatic nitrogens is 2. The van der Waals surface area contributed by atoms with Gasteiger partial charge in [0.25, 0.3) is 0 Å². The van der Waals surface area contributed by atoms with Crippen LogP contribution in [-0.4, -0.2) is 22.5 Å². The van der Waals surface area contributed by atoms with Crippen LogP contribution < -0.4 is 0 Å². The minimum Gasteiger partial charge on any atom is -0.461 e. The predicted molar refractivity (Wildman–Crippen MR) is 76.5 cm³/mol. The zero-order chi connectivity index (χ0) is 13.7. The van der Waals surface area contributed by atoms with Crippen LogP contribution in [0.2, 0.25) is 0 Å².